The molecule has 2 heterocycles. The molecule has 0 saturated heterocycles. The van der Waals surface area contributed by atoms with Crippen LogP contribution in [-0.4, -0.2) is 13.0 Å². The van der Waals surface area contributed by atoms with Gasteiger partial charge in [0.15, 0.2) is 12.4 Å². The highest BCUT2D eigenvalue weighted by Gasteiger charge is 2.14. The van der Waals surface area contributed by atoms with Gasteiger partial charge in [-0.2, -0.15) is 4.40 Å². The van der Waals surface area contributed by atoms with E-state index in [2.05, 4.69) is 0 Å². The molecular formula is C17H11NO3S. The average Bonchev–Trinajstić information content (AvgIpc) is 2.51. The van der Waals surface area contributed by atoms with Gasteiger partial charge in [0.1, 0.15) is 10.1 Å². The lowest BCUT2D eigenvalue weighted by molar-refractivity contribution is -0.509. The Morgan fingerprint density at radius 2 is 1.64 bits per heavy atom. The molecule has 0 N–H and O–H groups in total. The van der Waals surface area contributed by atoms with Crippen LogP contribution in [0.5, 0.6) is 0 Å². The van der Waals surface area contributed by atoms with Crippen molar-refractivity contribution in [3.8, 4) is 0 Å². The molecule has 0 bridgehead atoms. The van der Waals surface area contributed by atoms with Gasteiger partial charge in [-0.05, 0) is 22.9 Å². The molecule has 0 amide bonds. The second kappa shape index (κ2) is 4.50. The molecule has 0 aliphatic carbocycles. The highest BCUT2D eigenvalue weighted by Crippen LogP contribution is 2.25. The number of pyridine rings is 2. The van der Waals surface area contributed by atoms with Crippen LogP contribution in [0.1, 0.15) is 0 Å². The van der Waals surface area contributed by atoms with E-state index in [4.69, 9.17) is 0 Å². The molecule has 0 aliphatic rings. The fourth-order valence-corrected chi connectivity index (χ4v) is 3.53. The fraction of sp³-hybridized carbons (Fsp3) is 0. The number of fused-ring (bicyclic) bond motifs is 4. The summed E-state index contributed by atoms with van der Waals surface area (Å²) in [6, 6.07) is 16.6. The lowest BCUT2D eigenvalue weighted by Gasteiger charge is -2.09. The molecule has 0 unspecified atom stereocenters. The van der Waals surface area contributed by atoms with Crippen molar-refractivity contribution in [1.29, 1.82) is 0 Å². The first kappa shape index (κ1) is 13.2. The maximum absolute atomic E-state index is 11.4. The molecule has 0 atom stereocenters. The summed E-state index contributed by atoms with van der Waals surface area (Å²) < 4.78 is 36.1. The van der Waals surface area contributed by atoms with Crippen LogP contribution >= 0.6 is 0 Å². The van der Waals surface area contributed by atoms with Crippen LogP contribution in [0, 0.1) is 0 Å². The van der Waals surface area contributed by atoms with E-state index in [-0.39, 0.29) is 4.90 Å². The maximum Gasteiger partial charge on any atom is 0.219 e. The summed E-state index contributed by atoms with van der Waals surface area (Å²) in [4.78, 5) is -0.187. The Labute approximate surface area is 127 Å². The van der Waals surface area contributed by atoms with Crippen molar-refractivity contribution in [2.24, 2.45) is 0 Å². The summed E-state index contributed by atoms with van der Waals surface area (Å²) in [5, 5.41) is 3.34. The van der Waals surface area contributed by atoms with Gasteiger partial charge in [-0.15, -0.1) is 0 Å². The van der Waals surface area contributed by atoms with E-state index in [0.717, 1.165) is 21.7 Å². The van der Waals surface area contributed by atoms with Crippen LogP contribution in [0.15, 0.2) is 71.9 Å². The molecule has 108 valence electrons. The molecule has 0 radical (unpaired) electrons. The van der Waals surface area contributed by atoms with E-state index in [1.807, 2.05) is 53.1 Å². The van der Waals surface area contributed by atoms with E-state index >= 15 is 0 Å². The molecule has 0 spiro atoms. The monoisotopic (exact) mass is 309 g/mol. The molecule has 0 saturated carbocycles. The van der Waals surface area contributed by atoms with Crippen molar-refractivity contribution < 1.29 is 17.4 Å². The number of benzene rings is 2. The van der Waals surface area contributed by atoms with Crippen molar-refractivity contribution in [3.05, 3.63) is 67.0 Å². The molecule has 4 rings (SSSR count). The summed E-state index contributed by atoms with van der Waals surface area (Å²) in [6.45, 7) is 0. The van der Waals surface area contributed by atoms with Gasteiger partial charge in [-0.3, -0.25) is 0 Å². The molecule has 2 aromatic heterocycles. The Morgan fingerprint density at radius 1 is 0.864 bits per heavy atom. The van der Waals surface area contributed by atoms with Crippen molar-refractivity contribution in [3.63, 3.8) is 0 Å². The third-order valence-electron chi connectivity index (χ3n) is 3.86. The standard InChI is InChI=1S/C17H11NO3S/c19-22(20,21)17-7-3-5-13-10-16-14-6-2-1-4-12(14)8-9-18(16)11-15(13)17/h1-11H. The second-order valence-corrected chi connectivity index (χ2v) is 6.53. The van der Waals surface area contributed by atoms with E-state index in [1.165, 1.54) is 6.07 Å². The van der Waals surface area contributed by atoms with Gasteiger partial charge in [0.05, 0.1) is 15.7 Å². The number of rotatable bonds is 1. The fourth-order valence-electron chi connectivity index (χ4n) is 2.85. The van der Waals surface area contributed by atoms with Gasteiger partial charge in [0.2, 0.25) is 5.52 Å². The first-order chi connectivity index (χ1) is 10.5. The van der Waals surface area contributed by atoms with Crippen LogP contribution in [0.4, 0.5) is 0 Å². The van der Waals surface area contributed by atoms with E-state index in [0.29, 0.717) is 5.39 Å². The van der Waals surface area contributed by atoms with Crippen LogP contribution in [0.25, 0.3) is 27.1 Å². The van der Waals surface area contributed by atoms with Crippen LogP contribution in [0.2, 0.25) is 0 Å². The van der Waals surface area contributed by atoms with Crippen molar-refractivity contribution in [1.82, 2.24) is 0 Å². The number of nitrogens with zero attached hydrogens (tertiary/aromatic N) is 1. The topological polar surface area (TPSA) is 61.3 Å². The van der Waals surface area contributed by atoms with E-state index < -0.39 is 10.1 Å². The molecular weight excluding hydrogens is 298 g/mol. The summed E-state index contributed by atoms with van der Waals surface area (Å²) in [5.41, 5.74) is 0.964. The van der Waals surface area contributed by atoms with Crippen molar-refractivity contribution in [2.45, 2.75) is 4.90 Å². The number of hydrogen-bond donors (Lipinski definition) is 0. The normalized spacial score (nSPS) is 12.2. The zero-order valence-corrected chi connectivity index (χ0v) is 12.2. The number of aromatic nitrogens is 1. The minimum absolute atomic E-state index is 0.187. The second-order valence-electron chi connectivity index (χ2n) is 5.18. The SMILES string of the molecule is O=S(=O)([O-])c1cccc2cc3c4ccccc4cc[n+]3cc12. The van der Waals surface area contributed by atoms with E-state index in [1.54, 1.807) is 12.3 Å². The zero-order valence-electron chi connectivity index (χ0n) is 11.4. The smallest absolute Gasteiger partial charge is 0.219 e. The van der Waals surface area contributed by atoms with Gasteiger partial charge < -0.3 is 4.55 Å². The molecule has 0 fully saturated rings. The largest absolute Gasteiger partial charge is 0.744 e. The summed E-state index contributed by atoms with van der Waals surface area (Å²) in [6.07, 6.45) is 3.56. The molecule has 4 nitrogen and oxygen atoms in total. The van der Waals surface area contributed by atoms with Gasteiger partial charge in [-0.25, -0.2) is 8.42 Å². The molecule has 2 aromatic carbocycles. The van der Waals surface area contributed by atoms with Gasteiger partial charge in [0, 0.05) is 12.1 Å². The Kier molecular flexibility index (Phi) is 2.69. The van der Waals surface area contributed by atoms with Gasteiger partial charge >= 0.3 is 0 Å². The zero-order chi connectivity index (χ0) is 15.3. The quantitative estimate of drug-likeness (QED) is 0.235. The molecule has 5 heteroatoms. The first-order valence-electron chi connectivity index (χ1n) is 6.75. The predicted octanol–water partition coefficient (Wildman–Crippen LogP) is 2.64. The summed E-state index contributed by atoms with van der Waals surface area (Å²) in [7, 11) is -4.50. The van der Waals surface area contributed by atoms with Gasteiger partial charge in [-0.1, -0.05) is 30.3 Å². The lowest BCUT2D eigenvalue weighted by atomic mass is 10.1. The predicted molar refractivity (Wildman–Crippen MR) is 82.6 cm³/mol. The lowest BCUT2D eigenvalue weighted by Crippen LogP contribution is -2.21. The highest BCUT2D eigenvalue weighted by atomic mass is 32.2. The van der Waals surface area contributed by atoms with Crippen LogP contribution in [-0.2, 0) is 10.1 Å². The van der Waals surface area contributed by atoms with Crippen molar-refractivity contribution in [2.75, 3.05) is 0 Å². The molecule has 0 aliphatic heterocycles. The first-order valence-corrected chi connectivity index (χ1v) is 8.16. The highest BCUT2D eigenvalue weighted by molar-refractivity contribution is 7.86. The Bertz CT molecular complexity index is 1150. The Hall–Kier alpha value is -2.50. The molecule has 4 aromatic rings. The average molecular weight is 309 g/mol. The maximum atomic E-state index is 11.4. The summed E-state index contributed by atoms with van der Waals surface area (Å²) >= 11 is 0. The summed E-state index contributed by atoms with van der Waals surface area (Å²) in [5.74, 6) is 0. The Morgan fingerprint density at radius 3 is 2.45 bits per heavy atom. The minimum atomic E-state index is -4.50. The van der Waals surface area contributed by atoms with E-state index in [9.17, 15) is 13.0 Å². The third-order valence-corrected chi connectivity index (χ3v) is 4.75. The molecule has 22 heavy (non-hydrogen) atoms. The Balaban J connectivity index is 2.21. The minimum Gasteiger partial charge on any atom is -0.744 e. The van der Waals surface area contributed by atoms with Gasteiger partial charge in [0.25, 0.3) is 0 Å². The van der Waals surface area contributed by atoms with Crippen LogP contribution < -0.4 is 4.40 Å². The third kappa shape index (κ3) is 1.94. The number of hydrogen-bond acceptors (Lipinski definition) is 3. The van der Waals surface area contributed by atoms with Crippen molar-refractivity contribution >= 4 is 37.2 Å². The van der Waals surface area contributed by atoms with Crippen LogP contribution in [0.3, 0.4) is 0 Å².